The van der Waals surface area contributed by atoms with Crippen molar-refractivity contribution in [3.05, 3.63) is 114 Å². The lowest BCUT2D eigenvalue weighted by atomic mass is 9.96. The van der Waals surface area contributed by atoms with Crippen LogP contribution in [-0.4, -0.2) is 29.1 Å². The van der Waals surface area contributed by atoms with E-state index in [1.54, 1.807) is 24.4 Å². The number of aromatic nitrogens is 2. The Morgan fingerprint density at radius 2 is 1.70 bits per heavy atom. The van der Waals surface area contributed by atoms with Crippen LogP contribution in [0, 0.1) is 6.92 Å². The summed E-state index contributed by atoms with van der Waals surface area (Å²) in [5.74, 6) is 2.48. The van der Waals surface area contributed by atoms with Gasteiger partial charge in [0.05, 0.1) is 34.8 Å². The summed E-state index contributed by atoms with van der Waals surface area (Å²) in [4.78, 5) is 18.8. The standard InChI is InChI=1S/C36H34BrCl2N3O4/c1-6-44-32-14-22(5)28(18-27(32)21(3)4)35-41-31-11-9-8-10-26(31)36(43)42(35)40-19-23-15-29(37)34(33(16-23)45-7-2)46-20-24-12-13-25(38)17-30(24)39/h8-19,21H,6-7,20H2,1-5H3. The van der Waals surface area contributed by atoms with Gasteiger partial charge in [-0.25, -0.2) is 4.98 Å². The van der Waals surface area contributed by atoms with Gasteiger partial charge in [-0.15, -0.1) is 0 Å². The summed E-state index contributed by atoms with van der Waals surface area (Å²) in [6.07, 6.45) is 1.61. The summed E-state index contributed by atoms with van der Waals surface area (Å²) < 4.78 is 20.0. The minimum atomic E-state index is -0.278. The van der Waals surface area contributed by atoms with Gasteiger partial charge in [0.2, 0.25) is 0 Å². The normalized spacial score (nSPS) is 11.5. The summed E-state index contributed by atoms with van der Waals surface area (Å²) in [6.45, 7) is 11.3. The molecule has 0 unspecified atom stereocenters. The fourth-order valence-corrected chi connectivity index (χ4v) is 6.09. The van der Waals surface area contributed by atoms with Crippen molar-refractivity contribution in [2.24, 2.45) is 5.10 Å². The highest BCUT2D eigenvalue weighted by Gasteiger charge is 2.19. The van der Waals surface area contributed by atoms with Crippen LogP contribution in [-0.2, 0) is 6.61 Å². The van der Waals surface area contributed by atoms with Crippen molar-refractivity contribution < 1.29 is 14.2 Å². The highest BCUT2D eigenvalue weighted by atomic mass is 79.9. The van der Waals surface area contributed by atoms with Crippen LogP contribution in [0.25, 0.3) is 22.3 Å². The molecular formula is C36H34BrCl2N3O4. The second-order valence-electron chi connectivity index (χ2n) is 10.9. The molecule has 7 nitrogen and oxygen atoms in total. The van der Waals surface area contributed by atoms with Gasteiger partial charge in [0.15, 0.2) is 17.3 Å². The van der Waals surface area contributed by atoms with Crippen LogP contribution in [0.1, 0.15) is 55.9 Å². The molecular weight excluding hydrogens is 689 g/mol. The van der Waals surface area contributed by atoms with Crippen LogP contribution < -0.4 is 19.8 Å². The van der Waals surface area contributed by atoms with E-state index in [9.17, 15) is 4.79 Å². The number of rotatable bonds is 11. The molecule has 0 aliphatic rings. The topological polar surface area (TPSA) is 74.9 Å². The molecule has 0 amide bonds. The van der Waals surface area contributed by atoms with Gasteiger partial charge < -0.3 is 14.2 Å². The molecule has 5 rings (SSSR count). The minimum Gasteiger partial charge on any atom is -0.494 e. The summed E-state index contributed by atoms with van der Waals surface area (Å²) >= 11 is 16.0. The third-order valence-corrected chi connectivity index (χ3v) is 8.49. The first-order valence-corrected chi connectivity index (χ1v) is 16.5. The molecule has 0 saturated carbocycles. The number of halogens is 3. The second-order valence-corrected chi connectivity index (χ2v) is 12.6. The number of hydrogen-bond acceptors (Lipinski definition) is 6. The Morgan fingerprint density at radius 1 is 0.957 bits per heavy atom. The Bertz CT molecular complexity index is 1990. The third-order valence-electron chi connectivity index (χ3n) is 7.31. The molecule has 0 bridgehead atoms. The first-order chi connectivity index (χ1) is 22.1. The maximum atomic E-state index is 13.9. The van der Waals surface area contributed by atoms with Crippen LogP contribution in [0.2, 0.25) is 10.0 Å². The van der Waals surface area contributed by atoms with Gasteiger partial charge in [-0.05, 0) is 108 Å². The van der Waals surface area contributed by atoms with Crippen molar-refractivity contribution >= 4 is 56.2 Å². The minimum absolute atomic E-state index is 0.191. The summed E-state index contributed by atoms with van der Waals surface area (Å²) in [6, 6.07) is 20.3. The average Bonchev–Trinajstić information content (AvgIpc) is 3.01. The predicted molar refractivity (Wildman–Crippen MR) is 191 cm³/mol. The van der Waals surface area contributed by atoms with Crippen molar-refractivity contribution in [2.45, 2.75) is 47.1 Å². The number of para-hydroxylation sites is 1. The summed E-state index contributed by atoms with van der Waals surface area (Å²) in [7, 11) is 0. The maximum Gasteiger partial charge on any atom is 0.282 e. The summed E-state index contributed by atoms with van der Waals surface area (Å²) in [5, 5.41) is 6.23. The molecule has 1 heterocycles. The molecule has 0 radical (unpaired) electrons. The van der Waals surface area contributed by atoms with Crippen LogP contribution in [0.15, 0.2) is 81.1 Å². The van der Waals surface area contributed by atoms with Gasteiger partial charge >= 0.3 is 0 Å². The average molecular weight is 723 g/mol. The van der Waals surface area contributed by atoms with Crippen molar-refractivity contribution in [2.75, 3.05) is 13.2 Å². The lowest BCUT2D eigenvalue weighted by Crippen LogP contribution is -2.21. The summed E-state index contributed by atoms with van der Waals surface area (Å²) in [5.41, 5.74) is 4.53. The third kappa shape index (κ3) is 7.25. The van der Waals surface area contributed by atoms with Gasteiger partial charge in [-0.1, -0.05) is 55.2 Å². The fourth-order valence-electron chi connectivity index (χ4n) is 5.05. The molecule has 0 atom stereocenters. The van der Waals surface area contributed by atoms with Gasteiger partial charge in [-0.3, -0.25) is 4.79 Å². The largest absolute Gasteiger partial charge is 0.494 e. The Labute approximate surface area is 286 Å². The van der Waals surface area contributed by atoms with Gasteiger partial charge in [0, 0.05) is 21.2 Å². The fraction of sp³-hybridized carbons (Fsp3) is 0.250. The quantitative estimate of drug-likeness (QED) is 0.127. The molecule has 46 heavy (non-hydrogen) atoms. The van der Waals surface area contributed by atoms with Crippen molar-refractivity contribution in [3.8, 4) is 28.6 Å². The monoisotopic (exact) mass is 721 g/mol. The Balaban J connectivity index is 1.59. The van der Waals surface area contributed by atoms with Crippen molar-refractivity contribution in [1.29, 1.82) is 0 Å². The van der Waals surface area contributed by atoms with E-state index >= 15 is 0 Å². The van der Waals surface area contributed by atoms with Crippen LogP contribution in [0.5, 0.6) is 17.2 Å². The van der Waals surface area contributed by atoms with Gasteiger partial charge in [0.25, 0.3) is 5.56 Å². The zero-order valence-corrected chi connectivity index (χ0v) is 29.3. The van der Waals surface area contributed by atoms with E-state index in [4.69, 9.17) is 47.5 Å². The lowest BCUT2D eigenvalue weighted by Gasteiger charge is -2.18. The van der Waals surface area contributed by atoms with E-state index in [2.05, 4.69) is 35.8 Å². The first kappa shape index (κ1) is 33.5. The van der Waals surface area contributed by atoms with Crippen LogP contribution in [0.4, 0.5) is 0 Å². The van der Waals surface area contributed by atoms with Gasteiger partial charge in [0.1, 0.15) is 12.4 Å². The molecule has 0 N–H and O–H groups in total. The van der Waals surface area contributed by atoms with E-state index in [0.29, 0.717) is 61.5 Å². The number of fused-ring (bicyclic) bond motifs is 1. The number of ether oxygens (including phenoxy) is 3. The van der Waals surface area contributed by atoms with Crippen LogP contribution in [0.3, 0.4) is 0 Å². The lowest BCUT2D eigenvalue weighted by molar-refractivity contribution is 0.267. The van der Waals surface area contributed by atoms with E-state index in [1.807, 2.05) is 63.2 Å². The molecule has 5 aromatic rings. The Morgan fingerprint density at radius 3 is 2.41 bits per heavy atom. The highest BCUT2D eigenvalue weighted by Crippen LogP contribution is 2.38. The molecule has 4 aromatic carbocycles. The molecule has 10 heteroatoms. The molecule has 1 aromatic heterocycles. The zero-order valence-electron chi connectivity index (χ0n) is 26.2. The smallest absolute Gasteiger partial charge is 0.282 e. The first-order valence-electron chi connectivity index (χ1n) is 15.0. The zero-order chi connectivity index (χ0) is 33.0. The maximum absolute atomic E-state index is 13.9. The van der Waals surface area contributed by atoms with Crippen molar-refractivity contribution in [1.82, 2.24) is 9.66 Å². The Kier molecular flexibility index (Phi) is 10.7. The molecule has 0 saturated heterocycles. The van der Waals surface area contributed by atoms with Crippen LogP contribution >= 0.6 is 39.1 Å². The van der Waals surface area contributed by atoms with E-state index in [0.717, 1.165) is 28.0 Å². The number of aryl methyl sites for hydroxylation is 1. The predicted octanol–water partition coefficient (Wildman–Crippen LogP) is 9.82. The highest BCUT2D eigenvalue weighted by molar-refractivity contribution is 9.10. The Hall–Kier alpha value is -3.85. The number of nitrogens with zero attached hydrogens (tertiary/aromatic N) is 3. The molecule has 0 spiro atoms. The van der Waals surface area contributed by atoms with Gasteiger partial charge in [-0.2, -0.15) is 9.78 Å². The van der Waals surface area contributed by atoms with E-state index < -0.39 is 0 Å². The van der Waals surface area contributed by atoms with E-state index in [-0.39, 0.29) is 18.1 Å². The molecule has 238 valence electrons. The van der Waals surface area contributed by atoms with E-state index in [1.165, 1.54) is 4.68 Å². The van der Waals surface area contributed by atoms with Crippen molar-refractivity contribution in [3.63, 3.8) is 0 Å². The molecule has 0 aliphatic carbocycles. The number of hydrogen-bond donors (Lipinski definition) is 0. The second kappa shape index (κ2) is 14.7. The number of benzene rings is 4. The molecule has 0 fully saturated rings. The SMILES string of the molecule is CCOc1cc(C)c(-c2nc3ccccc3c(=O)n2N=Cc2cc(Br)c(OCc3ccc(Cl)cc3Cl)c(OCC)c2)cc1C(C)C. The molecule has 0 aliphatic heterocycles.